The van der Waals surface area contributed by atoms with E-state index in [-0.39, 0.29) is 5.97 Å². The van der Waals surface area contributed by atoms with E-state index in [1.807, 2.05) is 12.1 Å². The van der Waals surface area contributed by atoms with E-state index in [0.29, 0.717) is 23.5 Å². The minimum absolute atomic E-state index is 0.319. The highest BCUT2D eigenvalue weighted by atomic mass is 16.5. The van der Waals surface area contributed by atoms with Crippen LogP contribution in [0.3, 0.4) is 0 Å². The zero-order valence-electron chi connectivity index (χ0n) is 23.2. The molecule has 4 N–H and O–H groups in total. The largest absolute Gasteiger partial charge is 0.497 e. The summed E-state index contributed by atoms with van der Waals surface area (Å²) in [5, 5.41) is 1.76. The van der Waals surface area contributed by atoms with E-state index in [1.54, 1.807) is 48.5 Å². The summed E-state index contributed by atoms with van der Waals surface area (Å²) in [5.74, 6) is 10.1. The van der Waals surface area contributed by atoms with Crippen molar-refractivity contribution in [3.8, 4) is 5.75 Å². The number of carbonyl (C=O) groups excluding carboxylic acids is 1. The van der Waals surface area contributed by atoms with E-state index in [9.17, 15) is 4.79 Å². The second-order valence-corrected chi connectivity index (χ2v) is 11.8. The molecule has 2 fully saturated rings. The molecule has 5 atom stereocenters. The van der Waals surface area contributed by atoms with Crippen molar-refractivity contribution in [1.29, 1.82) is 0 Å². The highest BCUT2D eigenvalue weighted by Gasteiger charge is 2.63. The lowest BCUT2D eigenvalue weighted by Gasteiger charge is -2.48. The zero-order valence-corrected chi connectivity index (χ0v) is 23.2. The summed E-state index contributed by atoms with van der Waals surface area (Å²) in [6.07, 6.45) is 12.8. The fourth-order valence-electron chi connectivity index (χ4n) is 8.31. The summed E-state index contributed by atoms with van der Waals surface area (Å²) < 4.78 is 10.6. The molecule has 0 aromatic heterocycles. The van der Waals surface area contributed by atoms with Crippen LogP contribution in [0.25, 0.3) is 5.70 Å². The van der Waals surface area contributed by atoms with Gasteiger partial charge in [0.1, 0.15) is 5.75 Å². The maximum Gasteiger partial charge on any atom is 0.338 e. The second-order valence-electron chi connectivity index (χ2n) is 11.8. The monoisotopic (exact) mass is 527 g/mol. The number of carbonyl (C=O) groups is 1. The quantitative estimate of drug-likeness (QED) is 0.186. The Morgan fingerprint density at radius 1 is 1.15 bits per heavy atom. The van der Waals surface area contributed by atoms with Gasteiger partial charge in [-0.2, -0.15) is 0 Å². The first kappa shape index (κ1) is 26.0. The lowest BCUT2D eigenvalue weighted by molar-refractivity contribution is 0.0526. The van der Waals surface area contributed by atoms with Gasteiger partial charge in [-0.1, -0.05) is 29.8 Å². The standard InChI is InChI=1S/C33H41N3O3/c1-3-39-32(37)22-8-6-21(7-9-22)30(20-34)36(35)16-4-5-24-17-25-19-33(25)15-14-28-27-13-11-26(38-2)18-23(27)10-12-29(28)31(24)33/h6-9,11,13,18-20,24,28-29,31H,3-5,10,12,14-17,34-35H2,1-2H3/b30-20-/t24-,28?,29-,31?,33+/m1/s1. The molecule has 4 aliphatic carbocycles. The third-order valence-corrected chi connectivity index (χ3v) is 10.0. The molecule has 6 nitrogen and oxygen atoms in total. The van der Waals surface area contributed by atoms with Gasteiger partial charge in [0.15, 0.2) is 0 Å². The molecule has 0 aliphatic heterocycles. The van der Waals surface area contributed by atoms with Gasteiger partial charge in [0.05, 0.1) is 25.0 Å². The van der Waals surface area contributed by atoms with Crippen LogP contribution in [0.5, 0.6) is 5.75 Å². The molecule has 0 radical (unpaired) electrons. The van der Waals surface area contributed by atoms with Gasteiger partial charge in [0.25, 0.3) is 0 Å². The van der Waals surface area contributed by atoms with Crippen molar-refractivity contribution in [3.63, 3.8) is 0 Å². The Hall–Kier alpha value is -3.25. The molecule has 6 rings (SSSR count). The number of allylic oxidation sites excluding steroid dienone is 2. The Morgan fingerprint density at radius 2 is 1.95 bits per heavy atom. The topological polar surface area (TPSA) is 90.8 Å². The Kier molecular flexibility index (Phi) is 6.92. The van der Waals surface area contributed by atoms with Crippen molar-refractivity contribution >= 4 is 11.7 Å². The molecule has 0 saturated heterocycles. The highest BCUT2D eigenvalue weighted by Crippen LogP contribution is 2.72. The van der Waals surface area contributed by atoms with E-state index in [2.05, 4.69) is 24.3 Å². The summed E-state index contributed by atoms with van der Waals surface area (Å²) >= 11 is 0. The summed E-state index contributed by atoms with van der Waals surface area (Å²) in [6, 6.07) is 14.1. The van der Waals surface area contributed by atoms with E-state index >= 15 is 0 Å². The number of rotatable bonds is 9. The van der Waals surface area contributed by atoms with Gasteiger partial charge < -0.3 is 20.2 Å². The Morgan fingerprint density at radius 3 is 2.69 bits per heavy atom. The van der Waals surface area contributed by atoms with E-state index in [4.69, 9.17) is 21.1 Å². The van der Waals surface area contributed by atoms with Gasteiger partial charge >= 0.3 is 5.97 Å². The molecule has 2 aromatic carbocycles. The van der Waals surface area contributed by atoms with Crippen LogP contribution in [-0.2, 0) is 11.2 Å². The van der Waals surface area contributed by atoms with Gasteiger partial charge in [0, 0.05) is 23.7 Å². The van der Waals surface area contributed by atoms with Crippen LogP contribution in [0.15, 0.2) is 60.3 Å². The predicted molar refractivity (Wildman–Crippen MR) is 154 cm³/mol. The number of methoxy groups -OCH3 is 1. The molecule has 2 aromatic rings. The van der Waals surface area contributed by atoms with Crippen LogP contribution in [0.1, 0.15) is 78.4 Å². The molecule has 2 unspecified atom stereocenters. The number of hydrogen-bond donors (Lipinski definition) is 2. The first-order valence-electron chi connectivity index (χ1n) is 14.6. The van der Waals surface area contributed by atoms with Crippen LogP contribution in [0, 0.1) is 23.2 Å². The van der Waals surface area contributed by atoms with Crippen LogP contribution < -0.4 is 16.3 Å². The van der Waals surface area contributed by atoms with Crippen molar-refractivity contribution in [2.45, 2.75) is 57.8 Å². The van der Waals surface area contributed by atoms with E-state index < -0.39 is 0 Å². The first-order chi connectivity index (χ1) is 19.0. The number of nitrogens with zero attached hydrogens (tertiary/aromatic N) is 1. The second kappa shape index (κ2) is 10.4. The van der Waals surface area contributed by atoms with Crippen molar-refractivity contribution in [2.75, 3.05) is 20.3 Å². The van der Waals surface area contributed by atoms with Gasteiger partial charge in [-0.3, -0.25) is 0 Å². The van der Waals surface area contributed by atoms with Crippen LogP contribution in [0.2, 0.25) is 0 Å². The fourth-order valence-corrected chi connectivity index (χ4v) is 8.31. The van der Waals surface area contributed by atoms with Crippen molar-refractivity contribution in [1.82, 2.24) is 5.01 Å². The van der Waals surface area contributed by atoms with Crippen LogP contribution in [0.4, 0.5) is 0 Å². The first-order valence-corrected chi connectivity index (χ1v) is 14.6. The van der Waals surface area contributed by atoms with Gasteiger partial charge in [-0.25, -0.2) is 10.6 Å². The van der Waals surface area contributed by atoms with Crippen LogP contribution >= 0.6 is 0 Å². The number of ether oxygens (including phenoxy) is 2. The Bertz CT molecular complexity index is 1300. The maximum absolute atomic E-state index is 12.0. The average Bonchev–Trinajstić information content (AvgIpc) is 3.54. The number of hydrogen-bond acceptors (Lipinski definition) is 6. The molecule has 0 bridgehead atoms. The molecule has 2 saturated carbocycles. The zero-order chi connectivity index (χ0) is 27.1. The number of aryl methyl sites for hydroxylation is 1. The Balaban J connectivity index is 1.09. The van der Waals surface area contributed by atoms with Gasteiger partial charge in [0.2, 0.25) is 0 Å². The van der Waals surface area contributed by atoms with Crippen molar-refractivity contribution in [2.24, 2.45) is 34.7 Å². The molecule has 6 heteroatoms. The van der Waals surface area contributed by atoms with E-state index in [1.165, 1.54) is 44.1 Å². The highest BCUT2D eigenvalue weighted by molar-refractivity contribution is 5.89. The minimum atomic E-state index is -0.319. The number of hydrazine groups is 1. The maximum atomic E-state index is 12.0. The van der Waals surface area contributed by atoms with Gasteiger partial charge in [-0.05, 0) is 111 Å². The lowest BCUT2D eigenvalue weighted by Crippen LogP contribution is -2.40. The molecule has 0 amide bonds. The van der Waals surface area contributed by atoms with Gasteiger partial charge in [-0.15, -0.1) is 0 Å². The fraction of sp³-hybridized carbons (Fsp3) is 0.485. The number of fused-ring (bicyclic) bond motifs is 4. The molecular formula is C33H41N3O3. The molecule has 4 aliphatic rings. The third-order valence-electron chi connectivity index (χ3n) is 10.0. The summed E-state index contributed by atoms with van der Waals surface area (Å²) in [7, 11) is 1.76. The average molecular weight is 528 g/mol. The molecule has 1 spiro atoms. The van der Waals surface area contributed by atoms with Crippen LogP contribution in [-0.4, -0.2) is 31.2 Å². The van der Waals surface area contributed by atoms with Crippen molar-refractivity contribution < 1.29 is 14.3 Å². The molecule has 206 valence electrons. The summed E-state index contributed by atoms with van der Waals surface area (Å²) in [6.45, 7) is 2.90. The molecule has 0 heterocycles. The predicted octanol–water partition coefficient (Wildman–Crippen LogP) is 5.79. The smallest absolute Gasteiger partial charge is 0.338 e. The minimum Gasteiger partial charge on any atom is -0.497 e. The number of esters is 1. The molecule has 39 heavy (non-hydrogen) atoms. The molecular weight excluding hydrogens is 486 g/mol. The third kappa shape index (κ3) is 4.53. The number of nitrogens with two attached hydrogens (primary N) is 2. The van der Waals surface area contributed by atoms with E-state index in [0.717, 1.165) is 47.7 Å². The van der Waals surface area contributed by atoms with Crippen molar-refractivity contribution in [3.05, 3.63) is 82.6 Å². The summed E-state index contributed by atoms with van der Waals surface area (Å²) in [4.78, 5) is 12.0. The Labute approximate surface area is 232 Å². The normalized spacial score (nSPS) is 28.4. The lowest BCUT2D eigenvalue weighted by atomic mass is 9.56. The SMILES string of the molecule is CCOC(=O)c1ccc(/C(=C/N)N(N)CCC[C@@H]2CC3=C[C@@]34CCC3c5ccc(OC)cc5CC[C@H]3C24)cc1. The summed E-state index contributed by atoms with van der Waals surface area (Å²) in [5.41, 5.74) is 13.4. The number of benzene rings is 2.